The Labute approximate surface area is 166 Å². The van der Waals surface area contributed by atoms with Crippen molar-refractivity contribution < 1.29 is 32.5 Å². The summed E-state index contributed by atoms with van der Waals surface area (Å²) in [6.07, 6.45) is -2.74. The maximum Gasteiger partial charge on any atom is 0.307 e. The van der Waals surface area contributed by atoms with E-state index in [1.807, 2.05) is 0 Å². The van der Waals surface area contributed by atoms with Crippen molar-refractivity contribution >= 4 is 11.5 Å². The molecule has 4 heteroatoms. The number of hydrogen-bond acceptors (Lipinski definition) is 3. The van der Waals surface area contributed by atoms with Crippen molar-refractivity contribution in [2.24, 2.45) is 0 Å². The van der Waals surface area contributed by atoms with E-state index in [-0.39, 0.29) is 0 Å². The van der Waals surface area contributed by atoms with Crippen molar-refractivity contribution in [3.8, 4) is 5.75 Å². The lowest BCUT2D eigenvalue weighted by atomic mass is 9.92. The van der Waals surface area contributed by atoms with Gasteiger partial charge in [0.2, 0.25) is 0 Å². The van der Waals surface area contributed by atoms with Gasteiger partial charge in [0.1, 0.15) is 12.3 Å². The Hall–Kier alpha value is -2.59. The fourth-order valence-electron chi connectivity index (χ4n) is 2.18. The van der Waals surface area contributed by atoms with E-state index >= 15 is 0 Å². The summed E-state index contributed by atoms with van der Waals surface area (Å²) in [4.78, 5) is 12.9. The molecule has 0 atom stereocenters. The third kappa shape index (κ3) is 4.09. The standard InChI is InChI=1S/C21H23NO3/c1-22(2)11-5-8-18-17-7-4-3-6-16(17)14-25-20-10-9-15(12-19(18)20)13-21(23)24/h3-4,6-10,12H,5,11,13-14H2,1-2H3,(H,23,24)/b18-8+/i3D,4D,6D,7D,9D,10D,11D2,12D,13D2,14D2. The lowest BCUT2D eigenvalue weighted by molar-refractivity contribution is -0.136. The molecule has 0 aliphatic carbocycles. The summed E-state index contributed by atoms with van der Waals surface area (Å²) in [5, 5.41) is 9.46. The number of hydrogen-bond donors (Lipinski definition) is 1. The SMILES string of the molecule is [2H]c1c([2H])c([2H])c2c(c1[2H])/C(=C\CC([2H])([2H])N(C)C)c1c([2H])c(C([2H])([2H])C(=O)O)c([2H])c([2H])c1OC2([2H])[2H]. The van der Waals surface area contributed by atoms with Crippen molar-refractivity contribution in [3.63, 3.8) is 0 Å². The van der Waals surface area contributed by atoms with Crippen LogP contribution in [-0.2, 0) is 17.7 Å². The van der Waals surface area contributed by atoms with Crippen LogP contribution in [-0.4, -0.2) is 36.6 Å². The molecule has 1 aliphatic rings. The molecule has 1 heterocycles. The molecular formula is C21H23NO3. The van der Waals surface area contributed by atoms with E-state index in [1.54, 1.807) is 0 Å². The Kier molecular flexibility index (Phi) is 2.21. The van der Waals surface area contributed by atoms with Gasteiger partial charge in [0, 0.05) is 17.5 Å². The molecule has 2 aromatic rings. The quantitative estimate of drug-likeness (QED) is 0.895. The van der Waals surface area contributed by atoms with Gasteiger partial charge in [-0.2, -0.15) is 0 Å². The Morgan fingerprint density at radius 3 is 2.92 bits per heavy atom. The molecule has 0 bridgehead atoms. The van der Waals surface area contributed by atoms with Gasteiger partial charge >= 0.3 is 5.97 Å². The molecule has 0 fully saturated rings. The summed E-state index contributed by atoms with van der Waals surface area (Å²) in [6, 6.07) is -6.25. The van der Waals surface area contributed by atoms with Crippen LogP contribution in [0.25, 0.3) is 5.57 Å². The van der Waals surface area contributed by atoms with Crippen LogP contribution in [0, 0.1) is 0 Å². The zero-order valence-electron chi connectivity index (χ0n) is 26.5. The number of nitrogens with zero attached hydrogens (tertiary/aromatic N) is 1. The molecule has 4 nitrogen and oxygen atoms in total. The van der Waals surface area contributed by atoms with E-state index in [1.165, 1.54) is 19.0 Å². The molecule has 130 valence electrons. The van der Waals surface area contributed by atoms with Crippen LogP contribution in [0.5, 0.6) is 5.75 Å². The van der Waals surface area contributed by atoms with Gasteiger partial charge in [0.25, 0.3) is 0 Å². The van der Waals surface area contributed by atoms with Gasteiger partial charge in [-0.3, -0.25) is 4.79 Å². The van der Waals surface area contributed by atoms with Crippen LogP contribution in [0.1, 0.15) is 46.5 Å². The first-order valence-electron chi connectivity index (χ1n) is 13.8. The normalized spacial score (nSPS) is 25.2. The average Bonchev–Trinajstić information content (AvgIpc) is 2.90. The second-order valence-corrected chi connectivity index (χ2v) is 5.21. The third-order valence-corrected chi connectivity index (χ3v) is 3.21. The Morgan fingerprint density at radius 2 is 2.16 bits per heavy atom. The molecule has 1 aliphatic heterocycles. The molecule has 0 saturated carbocycles. The van der Waals surface area contributed by atoms with Crippen molar-refractivity contribution in [2.75, 3.05) is 20.6 Å². The van der Waals surface area contributed by atoms with Gasteiger partial charge in [0.05, 0.1) is 18.7 Å². The predicted octanol–water partition coefficient (Wildman–Crippen LogP) is 3.59. The smallest absolute Gasteiger partial charge is 0.307 e. The number of carbonyl (C=O) groups is 1. The Morgan fingerprint density at radius 1 is 1.36 bits per heavy atom. The number of rotatable bonds is 5. The van der Waals surface area contributed by atoms with Crippen LogP contribution in [0.3, 0.4) is 0 Å². The molecule has 1 N–H and O–H groups in total. The highest BCUT2D eigenvalue weighted by molar-refractivity contribution is 5.85. The highest BCUT2D eigenvalue weighted by Gasteiger charge is 2.19. The van der Waals surface area contributed by atoms with Crippen LogP contribution >= 0.6 is 0 Å². The maximum atomic E-state index is 11.7. The van der Waals surface area contributed by atoms with E-state index in [4.69, 9.17) is 22.6 Å². The maximum absolute atomic E-state index is 11.7. The first kappa shape index (κ1) is 7.34. The second kappa shape index (κ2) is 7.53. The molecule has 2 aromatic carbocycles. The van der Waals surface area contributed by atoms with Crippen molar-refractivity contribution in [3.05, 3.63) is 70.6 Å². The number of ether oxygens (including phenoxy) is 1. The first-order chi connectivity index (χ1) is 17.2. The number of benzene rings is 2. The minimum Gasteiger partial charge on any atom is -0.488 e. The fraction of sp³-hybridized carbons (Fsp3) is 0.286. The summed E-state index contributed by atoms with van der Waals surface area (Å²) in [6.45, 7) is -5.12. The van der Waals surface area contributed by atoms with E-state index in [2.05, 4.69) is 0 Å². The monoisotopic (exact) mass is 350 g/mol. The summed E-state index contributed by atoms with van der Waals surface area (Å²) in [5.41, 5.74) is -3.29. The van der Waals surface area contributed by atoms with Crippen LogP contribution in [0.2, 0.25) is 0 Å². The largest absolute Gasteiger partial charge is 0.488 e. The van der Waals surface area contributed by atoms with Gasteiger partial charge in [-0.1, -0.05) is 36.3 Å². The molecule has 0 saturated heterocycles. The van der Waals surface area contributed by atoms with Crippen LogP contribution in [0.4, 0.5) is 0 Å². The molecule has 25 heavy (non-hydrogen) atoms. The third-order valence-electron chi connectivity index (χ3n) is 3.21. The molecule has 0 spiro atoms. The molecule has 0 amide bonds. The van der Waals surface area contributed by atoms with Gasteiger partial charge in [-0.25, -0.2) is 0 Å². The van der Waals surface area contributed by atoms with Crippen LogP contribution in [0.15, 0.2) is 48.4 Å². The number of fused-ring (bicyclic) bond motifs is 2. The number of carboxylic acids is 1. The summed E-state index contributed by atoms with van der Waals surface area (Å²) < 4.78 is 113. The highest BCUT2D eigenvalue weighted by Crippen LogP contribution is 2.37. The first-order valence-corrected chi connectivity index (χ1v) is 7.25. The Balaban J connectivity index is 2.64. The van der Waals surface area contributed by atoms with E-state index in [0.29, 0.717) is 0 Å². The highest BCUT2D eigenvalue weighted by atomic mass is 16.5. The minimum atomic E-state index is -3.35. The summed E-state index contributed by atoms with van der Waals surface area (Å²) in [5.74, 6) is -2.86. The molecular weight excluding hydrogens is 314 g/mol. The molecule has 0 aromatic heterocycles. The predicted molar refractivity (Wildman–Crippen MR) is 98.8 cm³/mol. The lowest BCUT2D eigenvalue weighted by Crippen LogP contribution is -2.12. The van der Waals surface area contributed by atoms with Gasteiger partial charge in [-0.05, 0) is 54.9 Å². The van der Waals surface area contributed by atoms with Crippen molar-refractivity contribution in [1.29, 1.82) is 0 Å². The summed E-state index contributed by atoms with van der Waals surface area (Å²) >= 11 is 0. The Bertz CT molecular complexity index is 1390. The van der Waals surface area contributed by atoms with Crippen LogP contribution < -0.4 is 4.74 Å². The zero-order valence-corrected chi connectivity index (χ0v) is 13.5. The number of aliphatic carboxylic acids is 1. The van der Waals surface area contributed by atoms with Crippen molar-refractivity contribution in [2.45, 2.75) is 19.4 Å². The van der Waals surface area contributed by atoms with Gasteiger partial charge < -0.3 is 14.7 Å². The molecule has 3 rings (SSSR count). The minimum absolute atomic E-state index is 0.393. The van der Waals surface area contributed by atoms with E-state index in [0.717, 1.165) is 6.08 Å². The summed E-state index contributed by atoms with van der Waals surface area (Å²) in [7, 11) is 2.84. The topological polar surface area (TPSA) is 49.8 Å². The van der Waals surface area contributed by atoms with Gasteiger partial charge in [-0.15, -0.1) is 0 Å². The van der Waals surface area contributed by atoms with E-state index < -0.39 is 108 Å². The van der Waals surface area contributed by atoms with E-state index in [9.17, 15) is 9.90 Å². The van der Waals surface area contributed by atoms with Gasteiger partial charge in [0.15, 0.2) is 0 Å². The fourth-order valence-corrected chi connectivity index (χ4v) is 2.18. The second-order valence-electron chi connectivity index (χ2n) is 5.21. The molecule has 0 unspecified atom stereocenters. The van der Waals surface area contributed by atoms with Crippen molar-refractivity contribution in [1.82, 2.24) is 4.90 Å². The molecule has 0 radical (unpaired) electrons. The zero-order chi connectivity index (χ0) is 29.3. The lowest BCUT2D eigenvalue weighted by Gasteiger charge is -2.13. The average molecular weight is 350 g/mol. The number of carboxylic acid groups (broad SMARTS) is 1.